The standard InChI is InChI=1S/C13H20N4/c1-4-5-9-17(10(2)3)13(15)11-7-6-8-12(14)16-11/h5-10,15H,4H2,1-3H3,(H2,14,16)/b9-5+,15-13?. The Morgan fingerprint density at radius 1 is 1.53 bits per heavy atom. The largest absolute Gasteiger partial charge is 0.384 e. The van der Waals surface area contributed by atoms with Crippen molar-refractivity contribution in [2.24, 2.45) is 0 Å². The second-order valence-electron chi connectivity index (χ2n) is 4.09. The Morgan fingerprint density at radius 3 is 2.76 bits per heavy atom. The van der Waals surface area contributed by atoms with Crippen molar-refractivity contribution in [2.75, 3.05) is 5.73 Å². The Bertz CT molecular complexity index is 410. The van der Waals surface area contributed by atoms with Gasteiger partial charge < -0.3 is 10.6 Å². The van der Waals surface area contributed by atoms with Crippen molar-refractivity contribution in [3.63, 3.8) is 0 Å². The van der Waals surface area contributed by atoms with Crippen molar-refractivity contribution >= 4 is 11.7 Å². The summed E-state index contributed by atoms with van der Waals surface area (Å²) in [6, 6.07) is 5.55. The molecule has 0 atom stereocenters. The maximum Gasteiger partial charge on any atom is 0.151 e. The van der Waals surface area contributed by atoms with Gasteiger partial charge in [0.2, 0.25) is 0 Å². The van der Waals surface area contributed by atoms with E-state index in [1.54, 1.807) is 12.1 Å². The Hall–Kier alpha value is -1.84. The molecule has 0 aromatic carbocycles. The molecule has 1 heterocycles. The number of hydrogen-bond acceptors (Lipinski definition) is 3. The summed E-state index contributed by atoms with van der Waals surface area (Å²) in [6.07, 6.45) is 4.90. The molecule has 0 fully saturated rings. The fourth-order valence-corrected chi connectivity index (χ4v) is 1.44. The van der Waals surface area contributed by atoms with Crippen LogP contribution in [0.3, 0.4) is 0 Å². The zero-order valence-electron chi connectivity index (χ0n) is 10.6. The maximum absolute atomic E-state index is 8.15. The number of anilines is 1. The van der Waals surface area contributed by atoms with Gasteiger partial charge in [0.1, 0.15) is 11.5 Å². The molecular formula is C13H20N4. The van der Waals surface area contributed by atoms with E-state index in [-0.39, 0.29) is 6.04 Å². The van der Waals surface area contributed by atoms with E-state index in [1.165, 1.54) is 0 Å². The molecule has 0 radical (unpaired) electrons. The lowest BCUT2D eigenvalue weighted by atomic mass is 10.2. The van der Waals surface area contributed by atoms with E-state index in [0.717, 1.165) is 6.42 Å². The van der Waals surface area contributed by atoms with Gasteiger partial charge in [-0.15, -0.1) is 0 Å². The molecular weight excluding hydrogens is 212 g/mol. The van der Waals surface area contributed by atoms with E-state index >= 15 is 0 Å². The first-order valence-corrected chi connectivity index (χ1v) is 5.82. The summed E-state index contributed by atoms with van der Waals surface area (Å²) >= 11 is 0. The molecule has 0 aliphatic carbocycles. The Labute approximate surface area is 103 Å². The quantitative estimate of drug-likeness (QED) is 0.619. The number of rotatable bonds is 4. The minimum absolute atomic E-state index is 0.216. The fraction of sp³-hybridized carbons (Fsp3) is 0.385. The van der Waals surface area contributed by atoms with Gasteiger partial charge in [0, 0.05) is 12.2 Å². The summed E-state index contributed by atoms with van der Waals surface area (Å²) in [5, 5.41) is 8.15. The normalized spacial score (nSPS) is 11.1. The summed E-state index contributed by atoms with van der Waals surface area (Å²) in [6.45, 7) is 6.15. The third-order valence-corrected chi connectivity index (χ3v) is 2.33. The summed E-state index contributed by atoms with van der Waals surface area (Å²) in [5.74, 6) is 0.812. The predicted molar refractivity (Wildman–Crippen MR) is 71.9 cm³/mol. The van der Waals surface area contributed by atoms with E-state index < -0.39 is 0 Å². The lowest BCUT2D eigenvalue weighted by Gasteiger charge is -2.25. The first kappa shape index (κ1) is 13.2. The first-order valence-electron chi connectivity index (χ1n) is 5.82. The number of hydrogen-bond donors (Lipinski definition) is 2. The van der Waals surface area contributed by atoms with Gasteiger partial charge in [-0.2, -0.15) is 0 Å². The molecule has 92 valence electrons. The summed E-state index contributed by atoms with van der Waals surface area (Å²) in [7, 11) is 0. The second-order valence-corrected chi connectivity index (χ2v) is 4.09. The molecule has 0 saturated heterocycles. The maximum atomic E-state index is 8.15. The minimum atomic E-state index is 0.216. The molecule has 0 saturated carbocycles. The van der Waals surface area contributed by atoms with Crippen molar-refractivity contribution in [3.05, 3.63) is 36.2 Å². The number of nitrogen functional groups attached to an aromatic ring is 1. The zero-order chi connectivity index (χ0) is 12.8. The smallest absolute Gasteiger partial charge is 0.151 e. The minimum Gasteiger partial charge on any atom is -0.384 e. The van der Waals surface area contributed by atoms with Crippen molar-refractivity contribution < 1.29 is 0 Å². The van der Waals surface area contributed by atoms with Crippen LogP contribution in [0.25, 0.3) is 0 Å². The number of amidine groups is 1. The van der Waals surface area contributed by atoms with Crippen LogP contribution < -0.4 is 5.73 Å². The fourth-order valence-electron chi connectivity index (χ4n) is 1.44. The molecule has 0 bridgehead atoms. The lowest BCUT2D eigenvalue weighted by Crippen LogP contribution is -2.32. The van der Waals surface area contributed by atoms with Gasteiger partial charge in [-0.05, 0) is 32.4 Å². The molecule has 4 nitrogen and oxygen atoms in total. The van der Waals surface area contributed by atoms with Crippen molar-refractivity contribution in [2.45, 2.75) is 33.2 Å². The van der Waals surface area contributed by atoms with Gasteiger partial charge in [-0.25, -0.2) is 4.98 Å². The van der Waals surface area contributed by atoms with Gasteiger partial charge >= 0.3 is 0 Å². The molecule has 0 aliphatic rings. The van der Waals surface area contributed by atoms with Crippen molar-refractivity contribution in [1.29, 1.82) is 5.41 Å². The van der Waals surface area contributed by atoms with E-state index in [2.05, 4.69) is 11.9 Å². The molecule has 0 spiro atoms. The third-order valence-electron chi connectivity index (χ3n) is 2.33. The Kier molecular flexibility index (Phi) is 4.69. The first-order chi connectivity index (χ1) is 8.06. The van der Waals surface area contributed by atoms with E-state index in [4.69, 9.17) is 11.1 Å². The zero-order valence-corrected chi connectivity index (χ0v) is 10.6. The number of pyridine rings is 1. The molecule has 17 heavy (non-hydrogen) atoms. The highest BCUT2D eigenvalue weighted by Crippen LogP contribution is 2.09. The van der Waals surface area contributed by atoms with Crippen molar-refractivity contribution in [3.8, 4) is 0 Å². The average Bonchev–Trinajstić information content (AvgIpc) is 2.29. The highest BCUT2D eigenvalue weighted by Gasteiger charge is 2.13. The topological polar surface area (TPSA) is 66.0 Å². The van der Waals surface area contributed by atoms with Crippen LogP contribution >= 0.6 is 0 Å². The molecule has 1 aromatic rings. The molecule has 1 rings (SSSR count). The van der Waals surface area contributed by atoms with Crippen LogP contribution in [0.15, 0.2) is 30.5 Å². The number of nitrogens with zero attached hydrogens (tertiary/aromatic N) is 2. The Morgan fingerprint density at radius 2 is 2.24 bits per heavy atom. The Balaban J connectivity index is 2.96. The SMILES string of the molecule is CC/C=C/N(C(=N)c1cccc(N)n1)C(C)C. The molecule has 0 unspecified atom stereocenters. The van der Waals surface area contributed by atoms with Crippen LogP contribution in [0.5, 0.6) is 0 Å². The highest BCUT2D eigenvalue weighted by molar-refractivity contribution is 5.95. The summed E-state index contributed by atoms with van der Waals surface area (Å²) in [5.41, 5.74) is 6.23. The van der Waals surface area contributed by atoms with E-state index in [9.17, 15) is 0 Å². The highest BCUT2D eigenvalue weighted by atomic mass is 15.2. The van der Waals surface area contributed by atoms with Gasteiger partial charge in [0.05, 0.1) is 0 Å². The van der Waals surface area contributed by atoms with E-state index in [1.807, 2.05) is 37.1 Å². The van der Waals surface area contributed by atoms with Gasteiger partial charge in [0.25, 0.3) is 0 Å². The van der Waals surface area contributed by atoms with Crippen LogP contribution in [0, 0.1) is 5.41 Å². The predicted octanol–water partition coefficient (Wildman–Crippen LogP) is 2.62. The molecule has 0 aliphatic heterocycles. The van der Waals surface area contributed by atoms with Crippen LogP contribution in [-0.4, -0.2) is 21.8 Å². The van der Waals surface area contributed by atoms with Gasteiger partial charge in [0.15, 0.2) is 5.84 Å². The van der Waals surface area contributed by atoms with Crippen LogP contribution in [0.2, 0.25) is 0 Å². The number of allylic oxidation sites excluding steroid dienone is 1. The lowest BCUT2D eigenvalue weighted by molar-refractivity contribution is 0.455. The number of aromatic nitrogens is 1. The second kappa shape index (κ2) is 6.03. The molecule has 3 N–H and O–H groups in total. The monoisotopic (exact) mass is 232 g/mol. The van der Waals surface area contributed by atoms with E-state index in [0.29, 0.717) is 17.3 Å². The van der Waals surface area contributed by atoms with Gasteiger partial charge in [-0.3, -0.25) is 5.41 Å². The van der Waals surface area contributed by atoms with Crippen LogP contribution in [0.4, 0.5) is 5.82 Å². The summed E-state index contributed by atoms with van der Waals surface area (Å²) in [4.78, 5) is 6.04. The molecule has 4 heteroatoms. The summed E-state index contributed by atoms with van der Waals surface area (Å²) < 4.78 is 0. The average molecular weight is 232 g/mol. The van der Waals surface area contributed by atoms with Gasteiger partial charge in [-0.1, -0.05) is 19.1 Å². The number of nitrogens with one attached hydrogen (secondary N) is 1. The third kappa shape index (κ3) is 3.59. The molecule has 1 aromatic heterocycles. The van der Waals surface area contributed by atoms with Crippen LogP contribution in [-0.2, 0) is 0 Å². The number of nitrogens with two attached hydrogens (primary N) is 1. The van der Waals surface area contributed by atoms with Crippen molar-refractivity contribution in [1.82, 2.24) is 9.88 Å². The molecule has 0 amide bonds. The van der Waals surface area contributed by atoms with Crippen LogP contribution in [0.1, 0.15) is 32.9 Å².